The van der Waals surface area contributed by atoms with Gasteiger partial charge in [0.15, 0.2) is 5.13 Å². The molecule has 0 aliphatic rings. The Bertz CT molecular complexity index is 779. The molecule has 0 aliphatic heterocycles. The van der Waals surface area contributed by atoms with E-state index in [9.17, 15) is 13.2 Å². The summed E-state index contributed by atoms with van der Waals surface area (Å²) in [6.45, 7) is 2.71. The number of carbonyl (C=O) groups excluding carboxylic acids is 1. The molecule has 0 saturated carbocycles. The summed E-state index contributed by atoms with van der Waals surface area (Å²) in [5.74, 6) is 0.104. The highest BCUT2D eigenvalue weighted by Gasteiger charge is 2.21. The zero-order chi connectivity index (χ0) is 16.3. The lowest BCUT2D eigenvalue weighted by atomic mass is 10.3. The molecule has 1 amide bonds. The molecule has 120 valence electrons. The minimum absolute atomic E-state index is 0.0926. The molecule has 2 aromatic heterocycles. The van der Waals surface area contributed by atoms with Gasteiger partial charge in [-0.05, 0) is 19.1 Å². The summed E-state index contributed by atoms with van der Waals surface area (Å²) in [6, 6.07) is 2.85. The number of aliphatic hydroxyl groups excluding tert-OH is 1. The molecular weight excluding hydrogens is 330 g/mol. The first-order chi connectivity index (χ1) is 10.3. The van der Waals surface area contributed by atoms with Crippen LogP contribution in [-0.2, 0) is 14.8 Å². The van der Waals surface area contributed by atoms with Crippen LogP contribution >= 0.6 is 11.3 Å². The summed E-state index contributed by atoms with van der Waals surface area (Å²) < 4.78 is 31.3. The Morgan fingerprint density at radius 3 is 2.82 bits per heavy atom. The molecule has 0 fully saturated rings. The van der Waals surface area contributed by atoms with Crippen LogP contribution in [0.15, 0.2) is 21.6 Å². The third kappa shape index (κ3) is 3.71. The lowest BCUT2D eigenvalue weighted by molar-refractivity contribution is -0.114. The Morgan fingerprint density at radius 1 is 1.45 bits per heavy atom. The van der Waals surface area contributed by atoms with E-state index in [0.29, 0.717) is 21.5 Å². The van der Waals surface area contributed by atoms with E-state index in [0.717, 1.165) is 0 Å². The standard InChI is InChI=1S/C12H15N3O5S2/c1-7-11(21-12(14-7)15-8(2)17)9-3-4-10(20-9)22(18,19)13-5-6-16/h3-4,13,16H,5-6H2,1-2H3,(H,14,15,17). The molecule has 2 aromatic rings. The summed E-state index contributed by atoms with van der Waals surface area (Å²) in [6.07, 6.45) is 0. The van der Waals surface area contributed by atoms with Gasteiger partial charge in [-0.25, -0.2) is 18.1 Å². The number of nitrogens with one attached hydrogen (secondary N) is 2. The van der Waals surface area contributed by atoms with Crippen molar-refractivity contribution in [1.82, 2.24) is 9.71 Å². The normalized spacial score (nSPS) is 11.6. The average molecular weight is 345 g/mol. The Kier molecular flexibility index (Phi) is 4.96. The summed E-state index contributed by atoms with van der Waals surface area (Å²) in [7, 11) is -3.80. The highest BCUT2D eigenvalue weighted by Crippen LogP contribution is 2.34. The fraction of sp³-hybridized carbons (Fsp3) is 0.333. The van der Waals surface area contributed by atoms with Gasteiger partial charge in [-0.15, -0.1) is 0 Å². The van der Waals surface area contributed by atoms with Crippen LogP contribution in [0.1, 0.15) is 12.6 Å². The Labute approximate surface area is 131 Å². The van der Waals surface area contributed by atoms with Crippen LogP contribution in [0.2, 0.25) is 0 Å². The van der Waals surface area contributed by atoms with Crippen LogP contribution in [0.5, 0.6) is 0 Å². The molecule has 0 atom stereocenters. The van der Waals surface area contributed by atoms with Crippen molar-refractivity contribution in [2.75, 3.05) is 18.5 Å². The Morgan fingerprint density at radius 2 is 2.18 bits per heavy atom. The maximum absolute atomic E-state index is 11.9. The molecule has 0 bridgehead atoms. The SMILES string of the molecule is CC(=O)Nc1nc(C)c(-c2ccc(S(=O)(=O)NCCO)o2)s1. The molecule has 0 saturated heterocycles. The molecule has 0 spiro atoms. The minimum Gasteiger partial charge on any atom is -0.442 e. The summed E-state index contributed by atoms with van der Waals surface area (Å²) in [5.41, 5.74) is 0.621. The molecule has 3 N–H and O–H groups in total. The van der Waals surface area contributed by atoms with Crippen molar-refractivity contribution in [3.63, 3.8) is 0 Å². The highest BCUT2D eigenvalue weighted by atomic mass is 32.2. The van der Waals surface area contributed by atoms with Gasteiger partial charge >= 0.3 is 0 Å². The van der Waals surface area contributed by atoms with Crippen LogP contribution in [0.4, 0.5) is 5.13 Å². The maximum Gasteiger partial charge on any atom is 0.274 e. The molecular formula is C12H15N3O5S2. The number of hydrogen-bond acceptors (Lipinski definition) is 7. The van der Waals surface area contributed by atoms with Gasteiger partial charge in [0.25, 0.3) is 10.0 Å². The van der Waals surface area contributed by atoms with E-state index in [1.807, 2.05) is 0 Å². The monoisotopic (exact) mass is 345 g/mol. The number of hydrogen-bond donors (Lipinski definition) is 3. The van der Waals surface area contributed by atoms with E-state index in [4.69, 9.17) is 9.52 Å². The average Bonchev–Trinajstić information content (AvgIpc) is 3.03. The number of aromatic nitrogens is 1. The fourth-order valence-corrected chi connectivity index (χ4v) is 3.59. The van der Waals surface area contributed by atoms with Gasteiger partial charge in [0, 0.05) is 13.5 Å². The first kappa shape index (κ1) is 16.6. The number of nitrogens with zero attached hydrogens (tertiary/aromatic N) is 1. The number of aryl methyl sites for hydroxylation is 1. The molecule has 2 rings (SSSR count). The smallest absolute Gasteiger partial charge is 0.274 e. The highest BCUT2D eigenvalue weighted by molar-refractivity contribution is 7.89. The van der Waals surface area contributed by atoms with Crippen LogP contribution in [-0.4, -0.2) is 37.6 Å². The van der Waals surface area contributed by atoms with Crippen LogP contribution in [0.25, 0.3) is 10.6 Å². The number of sulfonamides is 1. The van der Waals surface area contributed by atoms with E-state index in [1.54, 1.807) is 6.92 Å². The Hall–Kier alpha value is -1.75. The second kappa shape index (κ2) is 6.57. The van der Waals surface area contributed by atoms with Crippen molar-refractivity contribution in [2.24, 2.45) is 0 Å². The van der Waals surface area contributed by atoms with E-state index >= 15 is 0 Å². The van der Waals surface area contributed by atoms with Crippen molar-refractivity contribution in [1.29, 1.82) is 0 Å². The fourth-order valence-electron chi connectivity index (χ4n) is 1.67. The molecule has 22 heavy (non-hydrogen) atoms. The van der Waals surface area contributed by atoms with Crippen LogP contribution < -0.4 is 10.0 Å². The maximum atomic E-state index is 11.9. The lowest BCUT2D eigenvalue weighted by Gasteiger charge is -2.01. The summed E-state index contributed by atoms with van der Waals surface area (Å²) in [5, 5.41) is 11.4. The predicted octanol–water partition coefficient (Wildman–Crippen LogP) is 0.941. The molecule has 0 unspecified atom stereocenters. The van der Waals surface area contributed by atoms with Gasteiger partial charge in [-0.3, -0.25) is 4.79 Å². The van der Waals surface area contributed by atoms with Crippen molar-refractivity contribution in [2.45, 2.75) is 18.9 Å². The number of furan rings is 1. The summed E-state index contributed by atoms with van der Waals surface area (Å²) in [4.78, 5) is 15.8. The molecule has 0 aliphatic carbocycles. The van der Waals surface area contributed by atoms with Gasteiger partial charge in [-0.2, -0.15) is 0 Å². The van der Waals surface area contributed by atoms with Crippen molar-refractivity contribution in [3.8, 4) is 10.6 Å². The largest absolute Gasteiger partial charge is 0.442 e. The topological polar surface area (TPSA) is 122 Å². The molecule has 10 heteroatoms. The number of aliphatic hydroxyl groups is 1. The van der Waals surface area contributed by atoms with E-state index in [1.165, 1.54) is 30.4 Å². The first-order valence-electron chi connectivity index (χ1n) is 6.29. The van der Waals surface area contributed by atoms with Gasteiger partial charge in [-0.1, -0.05) is 11.3 Å². The van der Waals surface area contributed by atoms with Crippen molar-refractivity contribution in [3.05, 3.63) is 17.8 Å². The first-order valence-corrected chi connectivity index (χ1v) is 8.59. The van der Waals surface area contributed by atoms with Crippen LogP contribution in [0.3, 0.4) is 0 Å². The Balaban J connectivity index is 2.28. The van der Waals surface area contributed by atoms with Crippen molar-refractivity contribution >= 4 is 32.4 Å². The number of anilines is 1. The number of carbonyl (C=O) groups is 1. The lowest BCUT2D eigenvalue weighted by Crippen LogP contribution is -2.26. The second-order valence-electron chi connectivity index (χ2n) is 4.35. The third-order valence-electron chi connectivity index (χ3n) is 2.55. The number of rotatable bonds is 6. The second-order valence-corrected chi connectivity index (χ2v) is 7.05. The zero-order valence-electron chi connectivity index (χ0n) is 11.9. The zero-order valence-corrected chi connectivity index (χ0v) is 13.5. The predicted molar refractivity (Wildman–Crippen MR) is 81.1 cm³/mol. The quantitative estimate of drug-likeness (QED) is 0.716. The third-order valence-corrected chi connectivity index (χ3v) is 4.97. The van der Waals surface area contributed by atoms with Gasteiger partial charge in [0.1, 0.15) is 5.76 Å². The van der Waals surface area contributed by atoms with Gasteiger partial charge in [0.05, 0.1) is 17.2 Å². The summed E-state index contributed by atoms with van der Waals surface area (Å²) >= 11 is 1.19. The molecule has 2 heterocycles. The van der Waals surface area contributed by atoms with Crippen LogP contribution in [0, 0.1) is 6.92 Å². The van der Waals surface area contributed by atoms with E-state index in [2.05, 4.69) is 15.0 Å². The van der Waals surface area contributed by atoms with Crippen molar-refractivity contribution < 1.29 is 22.7 Å². The molecule has 0 radical (unpaired) electrons. The molecule has 8 nitrogen and oxygen atoms in total. The van der Waals surface area contributed by atoms with Gasteiger partial charge in [0.2, 0.25) is 11.0 Å². The molecule has 0 aromatic carbocycles. The van der Waals surface area contributed by atoms with Gasteiger partial charge < -0.3 is 14.8 Å². The minimum atomic E-state index is -3.80. The number of thiazole rings is 1. The number of amides is 1. The van der Waals surface area contributed by atoms with E-state index in [-0.39, 0.29) is 24.2 Å². The van der Waals surface area contributed by atoms with E-state index < -0.39 is 10.0 Å².